The van der Waals surface area contributed by atoms with E-state index in [0.29, 0.717) is 22.3 Å². The predicted molar refractivity (Wildman–Crippen MR) is 190 cm³/mol. The number of rotatable bonds is 10. The maximum atomic E-state index is 14.0. The summed E-state index contributed by atoms with van der Waals surface area (Å²) in [5.74, 6) is -2.06. The first-order chi connectivity index (χ1) is 22.9. The lowest BCUT2D eigenvalue weighted by molar-refractivity contribution is -0.137. The summed E-state index contributed by atoms with van der Waals surface area (Å²) >= 11 is 0. The van der Waals surface area contributed by atoms with Crippen molar-refractivity contribution < 1.29 is 19.5 Å². The summed E-state index contributed by atoms with van der Waals surface area (Å²) < 4.78 is 0. The second-order valence-electron chi connectivity index (χ2n) is 12.6. The smallest absolute Gasteiger partial charge is 0.305 e. The van der Waals surface area contributed by atoms with E-state index < -0.39 is 17.9 Å². The summed E-state index contributed by atoms with van der Waals surface area (Å²) in [5, 5.41) is 23.2. The molecule has 0 spiro atoms. The summed E-state index contributed by atoms with van der Waals surface area (Å²) in [6.45, 7) is 6.28. The largest absolute Gasteiger partial charge is 0.481 e. The number of benzene rings is 5. The number of carbonyl (C=O) groups is 3. The summed E-state index contributed by atoms with van der Waals surface area (Å²) in [6, 6.07) is 35.8. The first-order valence-electron chi connectivity index (χ1n) is 15.6. The molecule has 0 bridgehead atoms. The minimum atomic E-state index is -1.07. The number of carboxylic acids is 1. The number of carboxylic acid groups (broad SMARTS) is 1. The van der Waals surface area contributed by atoms with Crippen LogP contribution in [0.1, 0.15) is 70.6 Å². The number of carbonyl (C=O) groups excluding carboxylic acids is 2. The number of amides is 2. The molecule has 48 heavy (non-hydrogen) atoms. The third-order valence-electron chi connectivity index (χ3n) is 8.16. The number of nitrogen functional groups attached to an aromatic ring is 1. The quantitative estimate of drug-likeness (QED) is 0.0783. The molecule has 5 aromatic carbocycles. The van der Waals surface area contributed by atoms with Crippen LogP contribution in [0.4, 0.5) is 5.69 Å². The SMILES string of the molecule is CC(C)(C)c1ccc(C(=O)Nc2ccc(-c3ccc(C(=N)N)cc3)cc2C(=O)NC(CC(=O)O)c2ccc(-c3ccccc3)cc2)cc1. The van der Waals surface area contributed by atoms with Gasteiger partial charge in [0, 0.05) is 11.1 Å². The molecule has 8 heteroatoms. The zero-order valence-electron chi connectivity index (χ0n) is 27.1. The lowest BCUT2D eigenvalue weighted by atomic mass is 9.86. The molecule has 0 heterocycles. The molecule has 1 unspecified atom stereocenters. The van der Waals surface area contributed by atoms with Gasteiger partial charge >= 0.3 is 5.97 Å². The van der Waals surface area contributed by atoms with E-state index in [0.717, 1.165) is 22.3 Å². The van der Waals surface area contributed by atoms with Crippen molar-refractivity contribution in [3.8, 4) is 22.3 Å². The zero-order valence-corrected chi connectivity index (χ0v) is 27.1. The standard InChI is InChI=1S/C40H38N4O4/c1-40(2,3)32-20-17-30(18-21-32)38(47)43-34-22-19-31(27-11-15-29(16-12-27)37(41)42)23-33(34)39(48)44-35(24-36(45)46)28-13-9-26(10-14-28)25-7-5-4-6-8-25/h4-23,35H,24H2,1-3H3,(H3,41,42)(H,43,47)(H,44,48)(H,45,46). The van der Waals surface area contributed by atoms with E-state index in [-0.39, 0.29) is 34.8 Å². The van der Waals surface area contributed by atoms with Crippen LogP contribution < -0.4 is 16.4 Å². The van der Waals surface area contributed by atoms with Gasteiger partial charge < -0.3 is 21.5 Å². The average molecular weight is 639 g/mol. The highest BCUT2D eigenvalue weighted by Gasteiger charge is 2.23. The van der Waals surface area contributed by atoms with Crippen LogP contribution in [0.2, 0.25) is 0 Å². The molecule has 5 rings (SSSR count). The lowest BCUT2D eigenvalue weighted by Gasteiger charge is -2.20. The first-order valence-corrected chi connectivity index (χ1v) is 15.6. The topological polar surface area (TPSA) is 145 Å². The zero-order chi connectivity index (χ0) is 34.4. The van der Waals surface area contributed by atoms with Crippen LogP contribution in [0.15, 0.2) is 121 Å². The Morgan fingerprint density at radius 2 is 1.25 bits per heavy atom. The molecule has 0 fully saturated rings. The van der Waals surface area contributed by atoms with Crippen LogP contribution in [-0.2, 0) is 10.2 Å². The molecule has 2 amide bonds. The summed E-state index contributed by atoms with van der Waals surface area (Å²) in [6.07, 6.45) is -0.343. The van der Waals surface area contributed by atoms with Gasteiger partial charge in [0.25, 0.3) is 11.8 Å². The van der Waals surface area contributed by atoms with Crippen molar-refractivity contribution in [3.05, 3.63) is 149 Å². The van der Waals surface area contributed by atoms with Crippen molar-refractivity contribution >= 4 is 29.3 Å². The molecule has 0 aromatic heterocycles. The molecule has 242 valence electrons. The van der Waals surface area contributed by atoms with Crippen molar-refractivity contribution in [1.82, 2.24) is 5.32 Å². The van der Waals surface area contributed by atoms with Crippen LogP contribution >= 0.6 is 0 Å². The second-order valence-corrected chi connectivity index (χ2v) is 12.6. The third kappa shape index (κ3) is 8.03. The molecule has 6 N–H and O–H groups in total. The number of hydrogen-bond acceptors (Lipinski definition) is 4. The summed E-state index contributed by atoms with van der Waals surface area (Å²) in [5.41, 5.74) is 12.1. The number of nitrogens with two attached hydrogens (primary N) is 1. The van der Waals surface area contributed by atoms with E-state index in [1.807, 2.05) is 66.7 Å². The van der Waals surface area contributed by atoms with Crippen molar-refractivity contribution in [2.45, 2.75) is 38.6 Å². The van der Waals surface area contributed by atoms with Gasteiger partial charge in [0.15, 0.2) is 0 Å². The molecule has 0 saturated heterocycles. The number of amidine groups is 1. The highest BCUT2D eigenvalue weighted by atomic mass is 16.4. The lowest BCUT2D eigenvalue weighted by Crippen LogP contribution is -2.31. The Labute approximate surface area is 280 Å². The molecular formula is C40H38N4O4. The Kier molecular flexibility index (Phi) is 9.85. The van der Waals surface area contributed by atoms with Gasteiger partial charge in [-0.05, 0) is 63.1 Å². The van der Waals surface area contributed by atoms with Crippen LogP contribution in [0.3, 0.4) is 0 Å². The minimum absolute atomic E-state index is 0.0588. The number of nitrogens with one attached hydrogen (secondary N) is 3. The third-order valence-corrected chi connectivity index (χ3v) is 8.16. The van der Waals surface area contributed by atoms with Gasteiger partial charge in [0.2, 0.25) is 0 Å². The molecule has 1 atom stereocenters. The Balaban J connectivity index is 1.48. The van der Waals surface area contributed by atoms with Crippen LogP contribution in [0, 0.1) is 5.41 Å². The van der Waals surface area contributed by atoms with E-state index in [9.17, 15) is 19.5 Å². The first kappa shape index (κ1) is 33.3. The second kappa shape index (κ2) is 14.2. The molecule has 0 radical (unpaired) electrons. The maximum Gasteiger partial charge on any atom is 0.305 e. The van der Waals surface area contributed by atoms with Gasteiger partial charge in [-0.2, -0.15) is 0 Å². The van der Waals surface area contributed by atoms with Crippen LogP contribution in [0.5, 0.6) is 0 Å². The van der Waals surface area contributed by atoms with Gasteiger partial charge in [-0.3, -0.25) is 19.8 Å². The molecule has 0 aliphatic carbocycles. The fourth-order valence-corrected chi connectivity index (χ4v) is 5.38. The predicted octanol–water partition coefficient (Wildman–Crippen LogP) is 7.80. The minimum Gasteiger partial charge on any atom is -0.481 e. The molecule has 8 nitrogen and oxygen atoms in total. The van der Waals surface area contributed by atoms with E-state index >= 15 is 0 Å². The Hall–Kier alpha value is -6.02. The van der Waals surface area contributed by atoms with Crippen molar-refractivity contribution in [1.29, 1.82) is 5.41 Å². The van der Waals surface area contributed by atoms with Gasteiger partial charge in [0.05, 0.1) is 23.7 Å². The number of anilines is 1. The fraction of sp³-hybridized carbons (Fsp3) is 0.150. The van der Waals surface area contributed by atoms with Gasteiger partial charge in [-0.15, -0.1) is 0 Å². The van der Waals surface area contributed by atoms with E-state index in [2.05, 4.69) is 31.4 Å². The van der Waals surface area contributed by atoms with Crippen molar-refractivity contribution in [2.24, 2.45) is 5.73 Å². The average Bonchev–Trinajstić information content (AvgIpc) is 3.08. The van der Waals surface area contributed by atoms with Crippen molar-refractivity contribution in [3.63, 3.8) is 0 Å². The van der Waals surface area contributed by atoms with E-state index in [1.165, 1.54) is 0 Å². The highest BCUT2D eigenvalue weighted by molar-refractivity contribution is 6.09. The van der Waals surface area contributed by atoms with Crippen molar-refractivity contribution in [2.75, 3.05) is 5.32 Å². The normalized spacial score (nSPS) is 11.7. The molecule has 0 aliphatic heterocycles. The monoisotopic (exact) mass is 638 g/mol. The number of hydrogen-bond donors (Lipinski definition) is 5. The van der Waals surface area contributed by atoms with Gasteiger partial charge in [-0.1, -0.05) is 118 Å². The Bertz CT molecular complexity index is 1940. The fourth-order valence-electron chi connectivity index (χ4n) is 5.38. The maximum absolute atomic E-state index is 14.0. The van der Waals surface area contributed by atoms with E-state index in [1.54, 1.807) is 54.6 Å². The van der Waals surface area contributed by atoms with Crippen LogP contribution in [-0.4, -0.2) is 28.7 Å². The molecule has 0 saturated carbocycles. The summed E-state index contributed by atoms with van der Waals surface area (Å²) in [7, 11) is 0. The number of aliphatic carboxylic acids is 1. The van der Waals surface area contributed by atoms with Gasteiger partial charge in [-0.25, -0.2) is 0 Å². The van der Waals surface area contributed by atoms with Gasteiger partial charge in [0.1, 0.15) is 5.84 Å². The Morgan fingerprint density at radius 3 is 1.83 bits per heavy atom. The molecule has 0 aliphatic rings. The molecular weight excluding hydrogens is 600 g/mol. The Morgan fingerprint density at radius 1 is 0.708 bits per heavy atom. The highest BCUT2D eigenvalue weighted by Crippen LogP contribution is 2.29. The van der Waals surface area contributed by atoms with E-state index in [4.69, 9.17) is 11.1 Å². The summed E-state index contributed by atoms with van der Waals surface area (Å²) in [4.78, 5) is 39.3. The molecule has 5 aromatic rings. The van der Waals surface area contributed by atoms with Crippen LogP contribution in [0.25, 0.3) is 22.3 Å².